The highest BCUT2D eigenvalue weighted by Gasteiger charge is 2.23. The number of allylic oxidation sites excluding steroid dienone is 3. The van der Waals surface area contributed by atoms with Gasteiger partial charge in [-0.1, -0.05) is 25.3 Å². The lowest BCUT2D eigenvalue weighted by atomic mass is 10.0. The monoisotopic (exact) mass is 582 g/mol. The van der Waals surface area contributed by atoms with E-state index >= 15 is 0 Å². The second kappa shape index (κ2) is 12.3. The normalized spacial score (nSPS) is 16.9. The van der Waals surface area contributed by atoms with Crippen LogP contribution in [0.25, 0.3) is 18.2 Å². The van der Waals surface area contributed by atoms with Crippen molar-refractivity contribution in [3.05, 3.63) is 97.6 Å². The fourth-order valence-electron chi connectivity index (χ4n) is 5.34. The molecular formula is C33H34N4O6. The number of amides is 2. The molecule has 0 aliphatic carbocycles. The third-order valence-electron chi connectivity index (χ3n) is 7.85. The van der Waals surface area contributed by atoms with E-state index in [0.29, 0.717) is 55.8 Å². The molecule has 0 bridgehead atoms. The van der Waals surface area contributed by atoms with Crippen LogP contribution in [0.3, 0.4) is 0 Å². The highest BCUT2D eigenvalue weighted by molar-refractivity contribution is 6.32. The Kier molecular flexibility index (Phi) is 8.80. The number of nitrogens with one attached hydrogen (secondary N) is 3. The van der Waals surface area contributed by atoms with Gasteiger partial charge in [0.05, 0.1) is 11.4 Å². The van der Waals surface area contributed by atoms with Crippen LogP contribution in [0.1, 0.15) is 60.3 Å². The van der Waals surface area contributed by atoms with E-state index in [4.69, 9.17) is 0 Å². The number of H-pyrrole nitrogens is 2. The van der Waals surface area contributed by atoms with Crippen LogP contribution in [0.5, 0.6) is 0 Å². The molecule has 0 radical (unpaired) electrons. The van der Waals surface area contributed by atoms with Crippen LogP contribution in [0.4, 0.5) is 0 Å². The van der Waals surface area contributed by atoms with Crippen LogP contribution in [0.2, 0.25) is 0 Å². The molecule has 4 rings (SSSR count). The van der Waals surface area contributed by atoms with Gasteiger partial charge >= 0.3 is 11.9 Å². The summed E-state index contributed by atoms with van der Waals surface area (Å²) in [6.07, 6.45) is 8.94. The Labute approximate surface area is 248 Å². The molecular weight excluding hydrogens is 548 g/mol. The number of aromatic nitrogens is 2. The molecule has 0 fully saturated rings. The molecule has 10 heteroatoms. The molecule has 10 nitrogen and oxygen atoms in total. The van der Waals surface area contributed by atoms with E-state index in [1.54, 1.807) is 38.2 Å². The number of carbonyl (C=O) groups is 4. The van der Waals surface area contributed by atoms with E-state index in [2.05, 4.69) is 33.4 Å². The fraction of sp³-hybridized carbons (Fsp3) is 0.242. The lowest BCUT2D eigenvalue weighted by Crippen LogP contribution is -2.15. The summed E-state index contributed by atoms with van der Waals surface area (Å²) in [7, 11) is 0. The second-order valence-corrected chi connectivity index (χ2v) is 10.5. The van der Waals surface area contributed by atoms with Gasteiger partial charge in [0.1, 0.15) is 0 Å². The molecule has 2 aliphatic heterocycles. The fourth-order valence-corrected chi connectivity index (χ4v) is 5.34. The maximum absolute atomic E-state index is 12.3. The summed E-state index contributed by atoms with van der Waals surface area (Å²) in [5, 5.41) is 22.9. The van der Waals surface area contributed by atoms with E-state index < -0.39 is 11.9 Å². The van der Waals surface area contributed by atoms with E-state index in [-0.39, 0.29) is 37.5 Å². The topological polar surface area (TPSA) is 165 Å². The van der Waals surface area contributed by atoms with Crippen molar-refractivity contribution >= 4 is 47.7 Å². The summed E-state index contributed by atoms with van der Waals surface area (Å²) < 4.78 is 0. The SMILES string of the molecule is C=CC1=C(C)C(=O)NC1=Cc1[nH]c(C=c2[nH]c(=CC3=NC(=O)C(C)=C3C=C)c(CCC(=O)O)c2C)c(C)c1CCC(=O)O. The van der Waals surface area contributed by atoms with Crippen LogP contribution >= 0.6 is 0 Å². The largest absolute Gasteiger partial charge is 0.481 e. The first-order chi connectivity index (χ1) is 20.4. The molecule has 5 N–H and O–H groups in total. The van der Waals surface area contributed by atoms with Crippen molar-refractivity contribution in [1.82, 2.24) is 15.3 Å². The smallest absolute Gasteiger partial charge is 0.303 e. The van der Waals surface area contributed by atoms with Crippen LogP contribution in [0.15, 0.2) is 58.3 Å². The first-order valence-electron chi connectivity index (χ1n) is 13.8. The van der Waals surface area contributed by atoms with E-state index in [0.717, 1.165) is 22.3 Å². The van der Waals surface area contributed by atoms with E-state index in [1.165, 1.54) is 0 Å². The Morgan fingerprint density at radius 1 is 0.767 bits per heavy atom. The number of aliphatic carboxylic acids is 2. The molecule has 0 spiro atoms. The predicted octanol–water partition coefficient (Wildman–Crippen LogP) is 3.06. The third kappa shape index (κ3) is 6.18. The van der Waals surface area contributed by atoms with Crippen molar-refractivity contribution in [2.24, 2.45) is 4.99 Å². The number of aliphatic imine (C=N–C) groups is 1. The summed E-state index contributed by atoms with van der Waals surface area (Å²) in [4.78, 5) is 58.3. The average Bonchev–Trinajstić information content (AvgIpc) is 3.59. The molecule has 0 aromatic carbocycles. The molecule has 2 amide bonds. The number of hydrogen-bond acceptors (Lipinski definition) is 4. The Morgan fingerprint density at radius 3 is 2.00 bits per heavy atom. The first kappa shape index (κ1) is 30.7. The molecule has 4 heterocycles. The highest BCUT2D eigenvalue weighted by Crippen LogP contribution is 2.28. The number of carboxylic acid groups (broad SMARTS) is 2. The Hall–Kier alpha value is -5.25. The second-order valence-electron chi connectivity index (χ2n) is 10.5. The van der Waals surface area contributed by atoms with Crippen molar-refractivity contribution < 1.29 is 29.4 Å². The quantitative estimate of drug-likeness (QED) is 0.273. The molecule has 0 unspecified atom stereocenters. The van der Waals surface area contributed by atoms with Gasteiger partial charge in [0, 0.05) is 57.2 Å². The highest BCUT2D eigenvalue weighted by atomic mass is 16.4. The van der Waals surface area contributed by atoms with E-state index in [1.807, 2.05) is 19.9 Å². The van der Waals surface area contributed by atoms with Gasteiger partial charge in [0.15, 0.2) is 0 Å². The maximum atomic E-state index is 12.3. The lowest BCUT2D eigenvalue weighted by molar-refractivity contribution is -0.138. The number of rotatable bonds is 11. The molecule has 0 saturated heterocycles. The van der Waals surface area contributed by atoms with Crippen molar-refractivity contribution in [3.8, 4) is 0 Å². The van der Waals surface area contributed by atoms with Gasteiger partial charge in [-0.15, -0.1) is 0 Å². The third-order valence-corrected chi connectivity index (χ3v) is 7.85. The minimum atomic E-state index is -0.934. The van der Waals surface area contributed by atoms with Gasteiger partial charge < -0.3 is 25.5 Å². The van der Waals surface area contributed by atoms with Crippen LogP contribution in [-0.4, -0.2) is 49.6 Å². The molecule has 2 aromatic rings. The summed E-state index contributed by atoms with van der Waals surface area (Å²) >= 11 is 0. The van der Waals surface area contributed by atoms with Crippen LogP contribution in [0, 0.1) is 13.8 Å². The van der Waals surface area contributed by atoms with Crippen LogP contribution in [-0.2, 0) is 32.0 Å². The lowest BCUT2D eigenvalue weighted by Gasteiger charge is -2.04. The Bertz CT molecular complexity index is 1860. The standard InChI is InChI=1S/C33H34N4O6/c1-7-20-18(5)32(42)36-26(20)14-28-22(9-11-30(38)39)16(3)24(34-28)13-25-17(4)23(10-12-31(40)41)29(35-25)15-27-21(8-2)19(6)33(43)37-27/h7-8,13-15,34-35H,1-2,9-12H2,3-6H3,(H,36,42)(H,38,39)(H,40,41). The number of aromatic amines is 2. The van der Waals surface area contributed by atoms with Gasteiger partial charge in [-0.05, 0) is 81.0 Å². The summed E-state index contributed by atoms with van der Waals surface area (Å²) in [5.74, 6) is -2.43. The summed E-state index contributed by atoms with van der Waals surface area (Å²) in [5.41, 5.74) is 7.95. The number of carbonyl (C=O) groups excluding carboxylic acids is 2. The van der Waals surface area contributed by atoms with Gasteiger partial charge in [-0.25, -0.2) is 4.99 Å². The zero-order chi connectivity index (χ0) is 31.6. The summed E-state index contributed by atoms with van der Waals surface area (Å²) in [6.45, 7) is 14.8. The molecule has 222 valence electrons. The Balaban J connectivity index is 1.90. The molecule has 0 saturated carbocycles. The predicted molar refractivity (Wildman–Crippen MR) is 165 cm³/mol. The number of carboxylic acids is 2. The van der Waals surface area contributed by atoms with Gasteiger partial charge in [-0.2, -0.15) is 0 Å². The zero-order valence-corrected chi connectivity index (χ0v) is 24.6. The zero-order valence-electron chi connectivity index (χ0n) is 24.6. The van der Waals surface area contributed by atoms with Crippen molar-refractivity contribution in [2.75, 3.05) is 0 Å². The maximum Gasteiger partial charge on any atom is 0.303 e. The van der Waals surface area contributed by atoms with Crippen molar-refractivity contribution in [1.29, 1.82) is 0 Å². The van der Waals surface area contributed by atoms with Gasteiger partial charge in [0.25, 0.3) is 11.8 Å². The minimum Gasteiger partial charge on any atom is -0.481 e. The van der Waals surface area contributed by atoms with E-state index in [9.17, 15) is 29.4 Å². The van der Waals surface area contributed by atoms with Crippen molar-refractivity contribution in [3.63, 3.8) is 0 Å². The number of hydrogen-bond donors (Lipinski definition) is 5. The molecule has 43 heavy (non-hydrogen) atoms. The molecule has 0 atom stereocenters. The molecule has 2 aliphatic rings. The average molecular weight is 583 g/mol. The first-order valence-corrected chi connectivity index (χ1v) is 13.8. The van der Waals surface area contributed by atoms with Gasteiger partial charge in [-0.3, -0.25) is 19.2 Å². The van der Waals surface area contributed by atoms with Crippen molar-refractivity contribution in [2.45, 2.75) is 53.4 Å². The molecule has 2 aromatic heterocycles. The summed E-state index contributed by atoms with van der Waals surface area (Å²) in [6, 6.07) is 0. The Morgan fingerprint density at radius 2 is 1.40 bits per heavy atom. The van der Waals surface area contributed by atoms with Gasteiger partial charge in [0.2, 0.25) is 0 Å². The number of nitrogens with zero attached hydrogens (tertiary/aromatic N) is 1. The minimum absolute atomic E-state index is 0.0801. The van der Waals surface area contributed by atoms with Crippen LogP contribution < -0.4 is 16.0 Å².